The Labute approximate surface area is 187 Å². The number of hydrogen-bond donors (Lipinski definition) is 0. The van der Waals surface area contributed by atoms with Crippen molar-refractivity contribution in [3.63, 3.8) is 0 Å². The maximum Gasteiger partial charge on any atom is 0.144 e. The van der Waals surface area contributed by atoms with Gasteiger partial charge >= 0.3 is 0 Å². The molecule has 1 aliphatic rings. The Morgan fingerprint density at radius 1 is 0.906 bits per heavy atom. The minimum atomic E-state index is -0.984. The molecule has 0 heterocycles. The number of halogens is 3. The first-order valence-corrected chi connectivity index (χ1v) is 11.6. The van der Waals surface area contributed by atoms with Crippen LogP contribution < -0.4 is 0 Å². The molecule has 0 aromatic heterocycles. The highest BCUT2D eigenvalue weighted by Gasteiger charge is 2.23. The van der Waals surface area contributed by atoms with Crippen molar-refractivity contribution in [3.8, 4) is 17.2 Å². The second-order valence-corrected chi connectivity index (χ2v) is 9.05. The highest BCUT2D eigenvalue weighted by Crippen LogP contribution is 2.39. The van der Waals surface area contributed by atoms with Crippen LogP contribution in [0.15, 0.2) is 42.5 Å². The largest absolute Gasteiger partial charge is 0.206 e. The third-order valence-corrected chi connectivity index (χ3v) is 6.98. The van der Waals surface area contributed by atoms with Crippen LogP contribution in [0.5, 0.6) is 0 Å². The highest BCUT2D eigenvalue weighted by atomic mass is 19.1. The molecule has 0 aliphatic heterocycles. The van der Waals surface area contributed by atoms with Crippen molar-refractivity contribution in [2.45, 2.75) is 64.2 Å². The summed E-state index contributed by atoms with van der Waals surface area (Å²) in [6.45, 7) is 2.24. The summed E-state index contributed by atoms with van der Waals surface area (Å²) >= 11 is 0. The van der Waals surface area contributed by atoms with Crippen molar-refractivity contribution in [2.24, 2.45) is 5.92 Å². The van der Waals surface area contributed by atoms with E-state index >= 15 is 4.39 Å². The van der Waals surface area contributed by atoms with Crippen LogP contribution >= 0.6 is 0 Å². The average Bonchev–Trinajstić information content (AvgIpc) is 2.79. The lowest BCUT2D eigenvalue weighted by Crippen LogP contribution is -2.13. The van der Waals surface area contributed by atoms with Gasteiger partial charge in [0.1, 0.15) is 29.1 Å². The molecule has 32 heavy (non-hydrogen) atoms. The molecule has 4 rings (SSSR count). The van der Waals surface area contributed by atoms with E-state index in [-0.39, 0.29) is 11.1 Å². The summed E-state index contributed by atoms with van der Waals surface area (Å²) in [7, 11) is 0. The summed E-state index contributed by atoms with van der Waals surface area (Å²) in [4.78, 5) is 0. The van der Waals surface area contributed by atoms with E-state index in [1.807, 2.05) is 12.1 Å². The molecule has 1 fully saturated rings. The Morgan fingerprint density at radius 2 is 1.62 bits per heavy atom. The van der Waals surface area contributed by atoms with Gasteiger partial charge in [0, 0.05) is 10.9 Å². The zero-order chi connectivity index (χ0) is 22.7. The smallest absolute Gasteiger partial charge is 0.144 e. The number of nitriles is 1. The standard InChI is InChI=1S/C28H28F3N/c1-2-3-4-5-18-6-8-19(9-7-18)20-10-12-23-21(14-20)11-13-24(28(23)31)22-15-26(29)25(17-32)27(30)16-22/h10-16,18-19H,2-9H2,1H3/t18-,19-. The molecule has 1 nitrogen and oxygen atoms in total. The fourth-order valence-corrected chi connectivity index (χ4v) is 5.09. The lowest BCUT2D eigenvalue weighted by molar-refractivity contribution is 0.303. The Morgan fingerprint density at radius 3 is 2.28 bits per heavy atom. The molecule has 166 valence electrons. The van der Waals surface area contributed by atoms with Crippen LogP contribution in [0.1, 0.15) is 75.3 Å². The van der Waals surface area contributed by atoms with E-state index in [0.29, 0.717) is 11.3 Å². The number of nitrogens with zero attached hydrogens (tertiary/aromatic N) is 1. The van der Waals surface area contributed by atoms with E-state index in [9.17, 15) is 8.78 Å². The van der Waals surface area contributed by atoms with Gasteiger partial charge in [-0.25, -0.2) is 13.2 Å². The lowest BCUT2D eigenvalue weighted by Gasteiger charge is -2.29. The third-order valence-electron chi connectivity index (χ3n) is 6.98. The molecule has 0 radical (unpaired) electrons. The molecular weight excluding hydrogens is 407 g/mol. The van der Waals surface area contributed by atoms with Crippen LogP contribution in [0, 0.1) is 34.7 Å². The molecule has 3 aromatic rings. The summed E-state index contributed by atoms with van der Waals surface area (Å²) < 4.78 is 43.3. The second-order valence-electron chi connectivity index (χ2n) is 9.05. The van der Waals surface area contributed by atoms with Crippen molar-refractivity contribution in [3.05, 3.63) is 71.0 Å². The minimum absolute atomic E-state index is 0.0869. The van der Waals surface area contributed by atoms with Crippen LogP contribution in [-0.4, -0.2) is 0 Å². The van der Waals surface area contributed by atoms with E-state index < -0.39 is 23.0 Å². The molecule has 0 amide bonds. The number of hydrogen-bond acceptors (Lipinski definition) is 1. The van der Waals surface area contributed by atoms with Gasteiger partial charge in [-0.3, -0.25) is 0 Å². The Kier molecular flexibility index (Phi) is 6.84. The minimum Gasteiger partial charge on any atom is -0.206 e. The molecule has 3 aromatic carbocycles. The van der Waals surface area contributed by atoms with E-state index in [4.69, 9.17) is 5.26 Å². The normalized spacial score (nSPS) is 18.6. The monoisotopic (exact) mass is 435 g/mol. The van der Waals surface area contributed by atoms with Gasteiger partial charge in [-0.05, 0) is 66.2 Å². The molecule has 4 heteroatoms. The molecular formula is C28H28F3N. The molecule has 1 saturated carbocycles. The summed E-state index contributed by atoms with van der Waals surface area (Å²) in [5, 5.41) is 10.1. The average molecular weight is 436 g/mol. The first-order valence-electron chi connectivity index (χ1n) is 11.6. The maximum atomic E-state index is 15.3. The molecule has 0 saturated heterocycles. The van der Waals surface area contributed by atoms with Crippen molar-refractivity contribution in [1.82, 2.24) is 0 Å². The van der Waals surface area contributed by atoms with Gasteiger partial charge in [0.2, 0.25) is 0 Å². The maximum absolute atomic E-state index is 15.3. The number of fused-ring (bicyclic) bond motifs is 1. The Balaban J connectivity index is 1.55. The summed E-state index contributed by atoms with van der Waals surface area (Å²) in [6, 6.07) is 12.7. The first kappa shape index (κ1) is 22.4. The van der Waals surface area contributed by atoms with Crippen LogP contribution in [0.4, 0.5) is 13.2 Å². The third kappa shape index (κ3) is 4.53. The number of rotatable bonds is 6. The molecule has 0 atom stereocenters. The van der Waals surface area contributed by atoms with Gasteiger partial charge in [-0.1, -0.05) is 62.9 Å². The number of benzene rings is 3. The van der Waals surface area contributed by atoms with Gasteiger partial charge < -0.3 is 0 Å². The summed E-state index contributed by atoms with van der Waals surface area (Å²) in [5.41, 5.74) is 0.802. The Bertz CT molecular complexity index is 1130. The fraction of sp³-hybridized carbons (Fsp3) is 0.393. The van der Waals surface area contributed by atoms with Gasteiger partial charge in [0.05, 0.1) is 0 Å². The zero-order valence-corrected chi connectivity index (χ0v) is 18.4. The predicted molar refractivity (Wildman–Crippen MR) is 123 cm³/mol. The first-order chi connectivity index (χ1) is 15.5. The lowest BCUT2D eigenvalue weighted by atomic mass is 9.76. The molecule has 0 spiro atoms. The topological polar surface area (TPSA) is 23.8 Å². The van der Waals surface area contributed by atoms with Crippen molar-refractivity contribution in [1.29, 1.82) is 5.26 Å². The summed E-state index contributed by atoms with van der Waals surface area (Å²) in [5.74, 6) is -1.12. The van der Waals surface area contributed by atoms with Crippen LogP contribution in [0.3, 0.4) is 0 Å². The number of unbranched alkanes of at least 4 members (excludes halogenated alkanes) is 2. The van der Waals surface area contributed by atoms with Crippen molar-refractivity contribution in [2.75, 3.05) is 0 Å². The van der Waals surface area contributed by atoms with Gasteiger partial charge in [0.25, 0.3) is 0 Å². The summed E-state index contributed by atoms with van der Waals surface area (Å²) in [6.07, 6.45) is 10.1. The van der Waals surface area contributed by atoms with Gasteiger partial charge in [-0.15, -0.1) is 0 Å². The van der Waals surface area contributed by atoms with Gasteiger partial charge in [-0.2, -0.15) is 5.26 Å². The fourth-order valence-electron chi connectivity index (χ4n) is 5.09. The molecule has 0 N–H and O–H groups in total. The SMILES string of the molecule is CCCCC[C@H]1CC[C@H](c2ccc3c(F)c(-c4cc(F)c(C#N)c(F)c4)ccc3c2)CC1. The van der Waals surface area contributed by atoms with Gasteiger partial charge in [0.15, 0.2) is 0 Å². The van der Waals surface area contributed by atoms with E-state index in [1.54, 1.807) is 12.1 Å². The molecule has 1 aliphatic carbocycles. The van der Waals surface area contributed by atoms with Crippen molar-refractivity contribution >= 4 is 10.8 Å². The zero-order valence-electron chi connectivity index (χ0n) is 18.4. The van der Waals surface area contributed by atoms with Crippen LogP contribution in [0.25, 0.3) is 21.9 Å². The van der Waals surface area contributed by atoms with Crippen LogP contribution in [0.2, 0.25) is 0 Å². The van der Waals surface area contributed by atoms with Crippen LogP contribution in [-0.2, 0) is 0 Å². The Hall–Kier alpha value is -2.80. The highest BCUT2D eigenvalue weighted by molar-refractivity contribution is 5.89. The van der Waals surface area contributed by atoms with E-state index in [2.05, 4.69) is 13.0 Å². The quantitative estimate of drug-likeness (QED) is 0.355. The van der Waals surface area contributed by atoms with E-state index in [0.717, 1.165) is 23.4 Å². The van der Waals surface area contributed by atoms with E-state index in [1.165, 1.54) is 63.0 Å². The second kappa shape index (κ2) is 9.77. The predicted octanol–water partition coefficient (Wildman–Crippen LogP) is 8.65. The molecule has 0 bridgehead atoms. The molecule has 0 unspecified atom stereocenters. The van der Waals surface area contributed by atoms with Crippen molar-refractivity contribution < 1.29 is 13.2 Å².